The Morgan fingerprint density at radius 1 is 1.33 bits per heavy atom. The van der Waals surface area contributed by atoms with E-state index in [1.165, 1.54) is 25.7 Å². The van der Waals surface area contributed by atoms with E-state index in [-0.39, 0.29) is 6.04 Å². The molecule has 0 aromatic carbocycles. The fourth-order valence-electron chi connectivity index (χ4n) is 2.50. The van der Waals surface area contributed by atoms with Crippen molar-refractivity contribution in [2.75, 3.05) is 0 Å². The highest BCUT2D eigenvalue weighted by atomic mass is 16.4. The van der Waals surface area contributed by atoms with Gasteiger partial charge < -0.3 is 15.5 Å². The Kier molecular flexibility index (Phi) is 2.94. The summed E-state index contributed by atoms with van der Waals surface area (Å²) in [6, 6.07) is 3.95. The van der Waals surface area contributed by atoms with Gasteiger partial charge in [0.2, 0.25) is 0 Å². The number of rotatable bonds is 3. The minimum Gasteiger partial charge on any atom is -0.409 e. The number of nitrogens with zero attached hydrogens (tertiary/aromatic N) is 2. The number of oxime groups is 1. The molecule has 1 fully saturated rings. The zero-order valence-electron chi connectivity index (χ0n) is 8.71. The summed E-state index contributed by atoms with van der Waals surface area (Å²) in [6.45, 7) is 0. The quantitative estimate of drug-likeness (QED) is 0.344. The summed E-state index contributed by atoms with van der Waals surface area (Å²) in [5, 5.41) is 12.0. The molecule has 2 rings (SSSR count). The van der Waals surface area contributed by atoms with Crippen molar-refractivity contribution in [3.63, 3.8) is 0 Å². The molecule has 0 unspecified atom stereocenters. The SMILES string of the molecule is NC(=NO)[C@@H](C1CCCC1)n1cccc1. The van der Waals surface area contributed by atoms with Crippen molar-refractivity contribution < 1.29 is 5.21 Å². The highest BCUT2D eigenvalue weighted by molar-refractivity contribution is 5.84. The lowest BCUT2D eigenvalue weighted by atomic mass is 9.97. The molecule has 4 nitrogen and oxygen atoms in total. The molecule has 0 amide bonds. The highest BCUT2D eigenvalue weighted by Crippen LogP contribution is 2.34. The number of hydrogen-bond donors (Lipinski definition) is 2. The number of hydrogen-bond acceptors (Lipinski definition) is 2. The predicted molar refractivity (Wildman–Crippen MR) is 58.8 cm³/mol. The topological polar surface area (TPSA) is 63.5 Å². The molecule has 1 saturated carbocycles. The molecule has 4 heteroatoms. The third-order valence-corrected chi connectivity index (χ3v) is 3.21. The van der Waals surface area contributed by atoms with Crippen molar-refractivity contribution >= 4 is 5.84 Å². The molecule has 0 radical (unpaired) electrons. The van der Waals surface area contributed by atoms with E-state index in [2.05, 4.69) is 5.16 Å². The fourth-order valence-corrected chi connectivity index (χ4v) is 2.50. The highest BCUT2D eigenvalue weighted by Gasteiger charge is 2.28. The van der Waals surface area contributed by atoms with Crippen LogP contribution in [0.5, 0.6) is 0 Å². The van der Waals surface area contributed by atoms with Crippen LogP contribution in [0.15, 0.2) is 29.7 Å². The number of nitrogens with two attached hydrogens (primary N) is 1. The summed E-state index contributed by atoms with van der Waals surface area (Å²) in [7, 11) is 0. The van der Waals surface area contributed by atoms with Crippen LogP contribution in [-0.2, 0) is 0 Å². The van der Waals surface area contributed by atoms with Gasteiger partial charge in [-0.05, 0) is 30.9 Å². The van der Waals surface area contributed by atoms with Gasteiger partial charge in [0, 0.05) is 12.4 Å². The smallest absolute Gasteiger partial charge is 0.162 e. The molecular weight excluding hydrogens is 190 g/mol. The van der Waals surface area contributed by atoms with Gasteiger partial charge in [-0.3, -0.25) is 0 Å². The Morgan fingerprint density at radius 2 is 1.93 bits per heavy atom. The van der Waals surface area contributed by atoms with E-state index in [4.69, 9.17) is 10.9 Å². The third-order valence-electron chi connectivity index (χ3n) is 3.21. The van der Waals surface area contributed by atoms with E-state index in [0.717, 1.165) is 0 Å². The Balaban J connectivity index is 2.23. The lowest BCUT2D eigenvalue weighted by Gasteiger charge is -2.23. The fraction of sp³-hybridized carbons (Fsp3) is 0.545. The van der Waals surface area contributed by atoms with E-state index < -0.39 is 0 Å². The van der Waals surface area contributed by atoms with E-state index >= 15 is 0 Å². The van der Waals surface area contributed by atoms with Gasteiger partial charge >= 0.3 is 0 Å². The monoisotopic (exact) mass is 207 g/mol. The normalized spacial score (nSPS) is 20.7. The summed E-state index contributed by atoms with van der Waals surface area (Å²) in [6.07, 6.45) is 8.78. The molecule has 15 heavy (non-hydrogen) atoms. The average Bonchev–Trinajstić information content (AvgIpc) is 2.90. The summed E-state index contributed by atoms with van der Waals surface area (Å²) in [5.74, 6) is 0.825. The van der Waals surface area contributed by atoms with Crippen molar-refractivity contribution in [3.8, 4) is 0 Å². The van der Waals surface area contributed by atoms with Crippen LogP contribution >= 0.6 is 0 Å². The first-order valence-electron chi connectivity index (χ1n) is 5.43. The zero-order valence-corrected chi connectivity index (χ0v) is 8.71. The Morgan fingerprint density at radius 3 is 2.47 bits per heavy atom. The Labute approximate surface area is 89.4 Å². The van der Waals surface area contributed by atoms with Crippen LogP contribution in [0.4, 0.5) is 0 Å². The largest absolute Gasteiger partial charge is 0.409 e. The number of aromatic nitrogens is 1. The minimum atomic E-state index is 0.0208. The zero-order chi connectivity index (χ0) is 10.7. The standard InChI is InChI=1S/C11H17N3O/c12-11(13-15)10(9-5-1-2-6-9)14-7-3-4-8-14/h3-4,7-10,15H,1-2,5-6H2,(H2,12,13)/t10-/m1/s1. The molecule has 1 aromatic heterocycles. The minimum absolute atomic E-state index is 0.0208. The first-order valence-corrected chi connectivity index (χ1v) is 5.43. The van der Waals surface area contributed by atoms with Crippen LogP contribution in [-0.4, -0.2) is 15.6 Å². The molecule has 1 aliphatic rings. The Hall–Kier alpha value is -1.45. The lowest BCUT2D eigenvalue weighted by Crippen LogP contribution is -2.31. The van der Waals surface area contributed by atoms with E-state index in [9.17, 15) is 0 Å². The van der Waals surface area contributed by atoms with Gasteiger partial charge in [0.15, 0.2) is 5.84 Å². The maximum absolute atomic E-state index is 8.81. The van der Waals surface area contributed by atoms with Crippen LogP contribution < -0.4 is 5.73 Å². The van der Waals surface area contributed by atoms with Crippen LogP contribution in [0.1, 0.15) is 31.7 Å². The van der Waals surface area contributed by atoms with Crippen LogP contribution in [0.2, 0.25) is 0 Å². The third kappa shape index (κ3) is 1.98. The molecule has 1 aliphatic carbocycles. The predicted octanol–water partition coefficient (Wildman–Crippen LogP) is 1.97. The van der Waals surface area contributed by atoms with Gasteiger partial charge in [0.05, 0.1) is 6.04 Å². The second-order valence-corrected chi connectivity index (χ2v) is 4.14. The molecule has 1 atom stereocenters. The van der Waals surface area contributed by atoms with Crippen molar-refractivity contribution in [1.29, 1.82) is 0 Å². The van der Waals surface area contributed by atoms with Crippen molar-refractivity contribution in [1.82, 2.24) is 4.57 Å². The van der Waals surface area contributed by atoms with Gasteiger partial charge in [0.1, 0.15) is 0 Å². The maximum atomic E-state index is 8.81. The molecule has 0 saturated heterocycles. The maximum Gasteiger partial charge on any atom is 0.162 e. The lowest BCUT2D eigenvalue weighted by molar-refractivity contribution is 0.306. The van der Waals surface area contributed by atoms with Gasteiger partial charge in [-0.15, -0.1) is 0 Å². The first-order chi connectivity index (χ1) is 7.33. The molecule has 0 aliphatic heterocycles. The molecule has 1 heterocycles. The molecule has 82 valence electrons. The second kappa shape index (κ2) is 4.38. The van der Waals surface area contributed by atoms with E-state index in [1.54, 1.807) is 0 Å². The van der Waals surface area contributed by atoms with Gasteiger partial charge in [-0.1, -0.05) is 18.0 Å². The van der Waals surface area contributed by atoms with E-state index in [0.29, 0.717) is 11.8 Å². The average molecular weight is 207 g/mol. The summed E-state index contributed by atoms with van der Waals surface area (Å²) < 4.78 is 2.03. The Bertz CT molecular complexity index is 326. The van der Waals surface area contributed by atoms with Crippen molar-refractivity contribution in [3.05, 3.63) is 24.5 Å². The molecule has 0 spiro atoms. The summed E-state index contributed by atoms with van der Waals surface area (Å²) >= 11 is 0. The second-order valence-electron chi connectivity index (χ2n) is 4.14. The van der Waals surface area contributed by atoms with Gasteiger partial charge in [-0.2, -0.15) is 0 Å². The molecule has 1 aromatic rings. The molecular formula is C11H17N3O. The summed E-state index contributed by atoms with van der Waals surface area (Å²) in [5.41, 5.74) is 5.77. The van der Waals surface area contributed by atoms with E-state index in [1.807, 2.05) is 29.1 Å². The van der Waals surface area contributed by atoms with Crippen LogP contribution in [0, 0.1) is 5.92 Å². The van der Waals surface area contributed by atoms with Crippen LogP contribution in [0.25, 0.3) is 0 Å². The van der Waals surface area contributed by atoms with Crippen molar-refractivity contribution in [2.24, 2.45) is 16.8 Å². The number of amidine groups is 1. The van der Waals surface area contributed by atoms with Crippen molar-refractivity contribution in [2.45, 2.75) is 31.7 Å². The summed E-state index contributed by atoms with van der Waals surface area (Å²) in [4.78, 5) is 0. The first kappa shape index (κ1) is 10.1. The van der Waals surface area contributed by atoms with Crippen LogP contribution in [0.3, 0.4) is 0 Å². The molecule has 0 bridgehead atoms. The van der Waals surface area contributed by atoms with Gasteiger partial charge in [-0.25, -0.2) is 0 Å². The molecule has 3 N–H and O–H groups in total. The van der Waals surface area contributed by atoms with Gasteiger partial charge in [0.25, 0.3) is 0 Å².